The highest BCUT2D eigenvalue weighted by Crippen LogP contribution is 2.26. The summed E-state index contributed by atoms with van der Waals surface area (Å²) in [5.74, 6) is -0.440. The van der Waals surface area contributed by atoms with Gasteiger partial charge < -0.3 is 15.7 Å². The molecule has 4 aromatic rings. The van der Waals surface area contributed by atoms with Gasteiger partial charge in [0, 0.05) is 23.8 Å². The molecule has 35 heavy (non-hydrogen) atoms. The molecule has 0 radical (unpaired) electrons. The molecule has 0 aliphatic rings. The molecule has 0 bridgehead atoms. The molecule has 0 saturated carbocycles. The number of anilines is 2. The first kappa shape index (κ1) is 24.4. The molecule has 0 aliphatic heterocycles. The van der Waals surface area contributed by atoms with Gasteiger partial charge in [0.25, 0.3) is 5.91 Å². The van der Waals surface area contributed by atoms with Crippen LogP contribution in [0, 0.1) is 0 Å². The largest absolute Gasteiger partial charge is 0.387 e. The van der Waals surface area contributed by atoms with Gasteiger partial charge >= 0.3 is 6.55 Å². The Labute approximate surface area is 201 Å². The number of carbonyl (C=O) groups excluding carboxylic acids is 1. The van der Waals surface area contributed by atoms with Crippen molar-refractivity contribution in [3.8, 4) is 5.82 Å². The smallest absolute Gasteiger partial charge is 0.333 e. The molecule has 4 rings (SSSR count). The number of nitrogens with one attached hydrogen (secondary N) is 2. The summed E-state index contributed by atoms with van der Waals surface area (Å²) in [4.78, 5) is 21.3. The minimum Gasteiger partial charge on any atom is -0.387 e. The Morgan fingerprint density at radius 1 is 1.14 bits per heavy atom. The van der Waals surface area contributed by atoms with Crippen LogP contribution in [-0.4, -0.2) is 58.9 Å². The van der Waals surface area contributed by atoms with Gasteiger partial charge in [0.15, 0.2) is 11.5 Å². The fourth-order valence-corrected chi connectivity index (χ4v) is 3.26. The number of carbonyl (C=O) groups is 1. The molecule has 1 atom stereocenters. The van der Waals surface area contributed by atoms with Crippen LogP contribution in [0.3, 0.4) is 0 Å². The molecule has 1 amide bonds. The zero-order chi connectivity index (χ0) is 25.3. The second-order valence-electron chi connectivity index (χ2n) is 8.15. The van der Waals surface area contributed by atoms with E-state index in [4.69, 9.17) is 11.6 Å². The Balaban J connectivity index is 1.70. The first-order valence-corrected chi connectivity index (χ1v) is 10.6. The number of alkyl halides is 3. The minimum atomic E-state index is -2.85. The maximum absolute atomic E-state index is 14.1. The lowest BCUT2D eigenvalue weighted by molar-refractivity contribution is -0.00177. The van der Waals surface area contributed by atoms with Crippen molar-refractivity contribution in [3.63, 3.8) is 0 Å². The fraction of sp³-hybridized carbons (Fsp3) is 0.286. The Morgan fingerprint density at radius 2 is 1.91 bits per heavy atom. The number of hydrogen-bond acceptors (Lipinski definition) is 7. The predicted octanol–water partition coefficient (Wildman–Crippen LogP) is 3.64. The van der Waals surface area contributed by atoms with Gasteiger partial charge in [-0.3, -0.25) is 4.79 Å². The molecular weight excluding hydrogens is 489 g/mol. The molecule has 184 valence electrons. The molecule has 4 aromatic heterocycles. The van der Waals surface area contributed by atoms with E-state index in [1.165, 1.54) is 43.2 Å². The first-order chi connectivity index (χ1) is 16.5. The molecule has 0 spiro atoms. The van der Waals surface area contributed by atoms with Crippen molar-refractivity contribution in [2.75, 3.05) is 11.9 Å². The van der Waals surface area contributed by atoms with Crippen LogP contribution in [0.1, 0.15) is 30.8 Å². The predicted molar refractivity (Wildman–Crippen MR) is 122 cm³/mol. The average Bonchev–Trinajstić information content (AvgIpc) is 3.43. The van der Waals surface area contributed by atoms with Crippen molar-refractivity contribution in [1.29, 1.82) is 0 Å². The van der Waals surface area contributed by atoms with Crippen LogP contribution in [0.2, 0.25) is 5.02 Å². The molecule has 0 aliphatic carbocycles. The van der Waals surface area contributed by atoms with Crippen LogP contribution >= 0.6 is 11.6 Å². The lowest BCUT2D eigenvalue weighted by atomic mass is 10.0. The number of aromatic nitrogens is 6. The SMILES string of the molecule is CC(C)(O)[C@H](F)CNC(=O)c1cnc(-n2ncc3cc(Cl)cnc32)cc1Nc1cnn(C(F)F)c1. The number of nitrogens with zero attached hydrogens (tertiary/aromatic N) is 6. The third kappa shape index (κ3) is 5.35. The molecule has 14 heteroatoms. The molecule has 3 N–H and O–H groups in total. The summed E-state index contributed by atoms with van der Waals surface area (Å²) in [5.41, 5.74) is -0.878. The maximum Gasteiger partial charge on any atom is 0.333 e. The highest BCUT2D eigenvalue weighted by atomic mass is 35.5. The number of rotatable bonds is 8. The van der Waals surface area contributed by atoms with E-state index in [2.05, 4.69) is 30.8 Å². The van der Waals surface area contributed by atoms with E-state index in [-0.39, 0.29) is 22.8 Å². The van der Waals surface area contributed by atoms with Gasteiger partial charge in [0.05, 0.1) is 52.7 Å². The van der Waals surface area contributed by atoms with E-state index in [1.807, 2.05) is 0 Å². The van der Waals surface area contributed by atoms with Crippen molar-refractivity contribution in [3.05, 3.63) is 53.7 Å². The zero-order valence-electron chi connectivity index (χ0n) is 18.5. The second kappa shape index (κ2) is 9.50. The summed E-state index contributed by atoms with van der Waals surface area (Å²) in [7, 11) is 0. The Kier molecular flexibility index (Phi) is 6.63. The fourth-order valence-electron chi connectivity index (χ4n) is 3.10. The number of aliphatic hydroxyl groups is 1. The maximum atomic E-state index is 14.1. The van der Waals surface area contributed by atoms with E-state index >= 15 is 0 Å². The summed E-state index contributed by atoms with van der Waals surface area (Å²) in [5, 5.41) is 23.9. The summed E-state index contributed by atoms with van der Waals surface area (Å²) < 4.78 is 41.9. The van der Waals surface area contributed by atoms with Crippen molar-refractivity contribution in [2.24, 2.45) is 0 Å². The standard InChI is InChI=1S/C21H20ClF3N8O2/c1-21(2,35)16(23)9-28-19(34)14-8-26-17(33-18-11(5-30-33)3-12(22)6-27-18)4-15(14)31-13-7-29-32(10-13)20(24)25/h3-8,10,16,20,35H,9H2,1-2H3,(H,26,31)(H,28,34)/t16-/m1/s1. The van der Waals surface area contributed by atoms with E-state index in [9.17, 15) is 23.1 Å². The van der Waals surface area contributed by atoms with E-state index in [0.717, 1.165) is 12.4 Å². The quantitative estimate of drug-likeness (QED) is 0.332. The zero-order valence-corrected chi connectivity index (χ0v) is 19.2. The molecule has 0 fully saturated rings. The van der Waals surface area contributed by atoms with Crippen LogP contribution in [0.5, 0.6) is 0 Å². The van der Waals surface area contributed by atoms with E-state index < -0.39 is 30.8 Å². The highest BCUT2D eigenvalue weighted by molar-refractivity contribution is 6.31. The topological polar surface area (TPSA) is 123 Å². The van der Waals surface area contributed by atoms with Gasteiger partial charge in [-0.1, -0.05) is 11.6 Å². The molecular formula is C21H20ClF3N8O2. The van der Waals surface area contributed by atoms with Gasteiger partial charge in [-0.2, -0.15) is 23.7 Å². The first-order valence-electron chi connectivity index (χ1n) is 10.3. The summed E-state index contributed by atoms with van der Waals surface area (Å²) >= 11 is 5.98. The monoisotopic (exact) mass is 508 g/mol. The molecule has 0 aromatic carbocycles. The van der Waals surface area contributed by atoms with E-state index in [1.54, 1.807) is 6.07 Å². The van der Waals surface area contributed by atoms with Crippen molar-refractivity contribution >= 4 is 39.9 Å². The van der Waals surface area contributed by atoms with Crippen LogP contribution in [0.25, 0.3) is 16.9 Å². The minimum absolute atomic E-state index is 0.00559. The van der Waals surface area contributed by atoms with Gasteiger partial charge in [-0.05, 0) is 19.9 Å². The number of hydrogen-bond donors (Lipinski definition) is 3. The summed E-state index contributed by atoms with van der Waals surface area (Å²) in [6.07, 6.45) is 4.70. The lowest BCUT2D eigenvalue weighted by Gasteiger charge is -2.22. The third-order valence-corrected chi connectivity index (χ3v) is 5.22. The number of fused-ring (bicyclic) bond motifs is 1. The number of pyridine rings is 2. The van der Waals surface area contributed by atoms with Gasteiger partial charge in [0.2, 0.25) is 0 Å². The van der Waals surface area contributed by atoms with Crippen LogP contribution in [0.15, 0.2) is 43.1 Å². The van der Waals surface area contributed by atoms with Crippen LogP contribution in [0.4, 0.5) is 24.5 Å². The van der Waals surface area contributed by atoms with Gasteiger partial charge in [-0.25, -0.2) is 19.0 Å². The van der Waals surface area contributed by atoms with Gasteiger partial charge in [0.1, 0.15) is 6.17 Å². The molecule has 0 unspecified atom stereocenters. The number of amides is 1. The summed E-state index contributed by atoms with van der Waals surface area (Å²) in [6.45, 7) is -0.744. The van der Waals surface area contributed by atoms with E-state index in [0.29, 0.717) is 20.7 Å². The highest BCUT2D eigenvalue weighted by Gasteiger charge is 2.27. The second-order valence-corrected chi connectivity index (χ2v) is 8.59. The van der Waals surface area contributed by atoms with Crippen LogP contribution in [-0.2, 0) is 0 Å². The van der Waals surface area contributed by atoms with Gasteiger partial charge in [-0.15, -0.1) is 0 Å². The third-order valence-electron chi connectivity index (χ3n) is 5.01. The van der Waals surface area contributed by atoms with Crippen molar-refractivity contribution in [1.82, 2.24) is 34.8 Å². The van der Waals surface area contributed by atoms with Crippen LogP contribution < -0.4 is 10.6 Å². The molecule has 0 saturated heterocycles. The van der Waals surface area contributed by atoms with Crippen molar-refractivity contribution in [2.45, 2.75) is 32.2 Å². The lowest BCUT2D eigenvalue weighted by Crippen LogP contribution is -2.42. The molecule has 10 nitrogen and oxygen atoms in total. The Hall–Kier alpha value is -3.71. The summed E-state index contributed by atoms with van der Waals surface area (Å²) in [6, 6.07) is 3.13. The average molecular weight is 509 g/mol. The normalized spacial score (nSPS) is 12.8. The Bertz CT molecular complexity index is 1370. The Morgan fingerprint density at radius 3 is 2.60 bits per heavy atom. The van der Waals surface area contributed by atoms with Crippen molar-refractivity contribution < 1.29 is 23.1 Å². The number of halogens is 4. The molecule has 4 heterocycles.